The number of hydrogen-bond donors (Lipinski definition) is 1. The summed E-state index contributed by atoms with van der Waals surface area (Å²) in [6.45, 7) is 1.72. The Balaban J connectivity index is 1.75. The predicted octanol–water partition coefficient (Wildman–Crippen LogP) is 4.63. The molecule has 0 amide bonds. The maximum atomic E-state index is 12.6. The molecular weight excluding hydrogens is 372 g/mol. The van der Waals surface area contributed by atoms with Gasteiger partial charge in [-0.1, -0.05) is 29.8 Å². The average molecular weight is 385 g/mol. The van der Waals surface area contributed by atoms with Crippen LogP contribution in [0.4, 0.5) is 0 Å². The molecule has 4 aromatic rings. The van der Waals surface area contributed by atoms with Crippen molar-refractivity contribution in [3.63, 3.8) is 0 Å². The zero-order valence-electron chi connectivity index (χ0n) is 13.7. The Hall–Kier alpha value is -2.70. The highest BCUT2D eigenvalue weighted by Crippen LogP contribution is 2.34. The van der Waals surface area contributed by atoms with Gasteiger partial charge in [0.25, 0.3) is 5.56 Å². The van der Waals surface area contributed by atoms with Gasteiger partial charge in [0.05, 0.1) is 23.6 Å². The third-order valence-corrected chi connectivity index (χ3v) is 5.35. The van der Waals surface area contributed by atoms with E-state index >= 15 is 0 Å². The molecular formula is C19H13ClN2O3S. The minimum absolute atomic E-state index is 0.00484. The molecule has 3 heterocycles. The standard InChI is InChI=1S/C19H13ClN2O3S/c1-10-11(6-7-25-10)15(23)8-16-21-18(24)17-13(9-26-19(17)22-16)12-4-2-3-5-14(12)20/h2-7,9H,8H2,1H3,(H,21,22,24). The number of fused-ring (bicyclic) bond motifs is 1. The molecule has 0 aliphatic carbocycles. The lowest BCUT2D eigenvalue weighted by Crippen LogP contribution is -2.15. The molecule has 0 atom stereocenters. The fourth-order valence-electron chi connectivity index (χ4n) is 2.88. The summed E-state index contributed by atoms with van der Waals surface area (Å²) in [5.74, 6) is 0.734. The zero-order valence-corrected chi connectivity index (χ0v) is 15.3. The molecule has 1 aromatic carbocycles. The number of aromatic nitrogens is 2. The summed E-state index contributed by atoms with van der Waals surface area (Å²) in [5.41, 5.74) is 1.74. The third kappa shape index (κ3) is 2.87. The number of carbonyl (C=O) groups is 1. The highest BCUT2D eigenvalue weighted by molar-refractivity contribution is 7.17. The van der Waals surface area contributed by atoms with Gasteiger partial charge >= 0.3 is 0 Å². The lowest BCUT2D eigenvalue weighted by Gasteiger charge is -2.03. The number of nitrogens with zero attached hydrogens (tertiary/aromatic N) is 1. The van der Waals surface area contributed by atoms with Gasteiger partial charge < -0.3 is 9.40 Å². The molecule has 26 heavy (non-hydrogen) atoms. The molecule has 0 saturated carbocycles. The second-order valence-corrected chi connectivity index (χ2v) is 7.08. The first-order valence-electron chi connectivity index (χ1n) is 7.87. The Bertz CT molecular complexity index is 1190. The first kappa shape index (κ1) is 16.8. The minimum Gasteiger partial charge on any atom is -0.469 e. The zero-order chi connectivity index (χ0) is 18.3. The van der Waals surface area contributed by atoms with E-state index in [1.54, 1.807) is 19.1 Å². The quantitative estimate of drug-likeness (QED) is 0.520. The van der Waals surface area contributed by atoms with Gasteiger partial charge in [0, 0.05) is 21.5 Å². The molecule has 0 saturated heterocycles. The molecule has 3 aromatic heterocycles. The van der Waals surface area contributed by atoms with E-state index in [1.807, 2.05) is 23.6 Å². The van der Waals surface area contributed by atoms with Crippen molar-refractivity contribution in [2.24, 2.45) is 0 Å². The molecule has 0 bridgehead atoms. The highest BCUT2D eigenvalue weighted by atomic mass is 35.5. The van der Waals surface area contributed by atoms with Crippen molar-refractivity contribution in [3.05, 3.63) is 74.5 Å². The maximum Gasteiger partial charge on any atom is 0.260 e. The third-order valence-electron chi connectivity index (χ3n) is 4.14. The van der Waals surface area contributed by atoms with Crippen LogP contribution in [-0.4, -0.2) is 15.8 Å². The van der Waals surface area contributed by atoms with Crippen LogP contribution in [0.2, 0.25) is 5.02 Å². The highest BCUT2D eigenvalue weighted by Gasteiger charge is 2.17. The monoisotopic (exact) mass is 384 g/mol. The van der Waals surface area contributed by atoms with E-state index in [9.17, 15) is 9.59 Å². The summed E-state index contributed by atoms with van der Waals surface area (Å²) >= 11 is 7.61. The number of furan rings is 1. The number of H-pyrrole nitrogens is 1. The lowest BCUT2D eigenvalue weighted by molar-refractivity contribution is 0.0989. The topological polar surface area (TPSA) is 76.0 Å². The second kappa shape index (κ2) is 6.55. The van der Waals surface area contributed by atoms with Crippen LogP contribution in [0.25, 0.3) is 21.3 Å². The van der Waals surface area contributed by atoms with Gasteiger partial charge in [-0.05, 0) is 19.1 Å². The number of Topliss-reactive ketones (excluding diaryl/α,β-unsaturated/α-hetero) is 1. The fraction of sp³-hybridized carbons (Fsp3) is 0.105. The van der Waals surface area contributed by atoms with E-state index in [1.165, 1.54) is 17.6 Å². The summed E-state index contributed by atoms with van der Waals surface area (Å²) < 4.78 is 5.16. The van der Waals surface area contributed by atoms with Crippen molar-refractivity contribution < 1.29 is 9.21 Å². The van der Waals surface area contributed by atoms with Crippen molar-refractivity contribution in [2.45, 2.75) is 13.3 Å². The molecule has 4 rings (SSSR count). The lowest BCUT2D eigenvalue weighted by atomic mass is 10.1. The molecule has 0 unspecified atom stereocenters. The fourth-order valence-corrected chi connectivity index (χ4v) is 4.07. The molecule has 0 spiro atoms. The average Bonchev–Trinajstić information content (AvgIpc) is 3.22. The molecule has 0 fully saturated rings. The molecule has 0 aliphatic heterocycles. The summed E-state index contributed by atoms with van der Waals surface area (Å²) in [7, 11) is 0. The van der Waals surface area contributed by atoms with Gasteiger partial charge in [-0.25, -0.2) is 4.98 Å². The summed E-state index contributed by atoms with van der Waals surface area (Å²) in [6, 6.07) is 8.97. The van der Waals surface area contributed by atoms with Crippen LogP contribution >= 0.6 is 22.9 Å². The van der Waals surface area contributed by atoms with Crippen LogP contribution in [0.15, 0.2) is 51.2 Å². The van der Waals surface area contributed by atoms with Gasteiger partial charge in [0.15, 0.2) is 5.78 Å². The number of aryl methyl sites for hydroxylation is 1. The Kier molecular flexibility index (Phi) is 4.22. The number of hydrogen-bond acceptors (Lipinski definition) is 5. The molecule has 1 N–H and O–H groups in total. The van der Waals surface area contributed by atoms with E-state index in [2.05, 4.69) is 9.97 Å². The largest absolute Gasteiger partial charge is 0.469 e. The van der Waals surface area contributed by atoms with E-state index < -0.39 is 0 Å². The van der Waals surface area contributed by atoms with Crippen molar-refractivity contribution in [3.8, 4) is 11.1 Å². The van der Waals surface area contributed by atoms with E-state index in [0.29, 0.717) is 32.4 Å². The predicted molar refractivity (Wildman–Crippen MR) is 102 cm³/mol. The number of carbonyl (C=O) groups excluding carboxylic acids is 1. The molecule has 0 radical (unpaired) electrons. The minimum atomic E-state index is -0.280. The van der Waals surface area contributed by atoms with Crippen LogP contribution in [0.1, 0.15) is 21.9 Å². The maximum absolute atomic E-state index is 12.6. The van der Waals surface area contributed by atoms with Crippen LogP contribution in [0.3, 0.4) is 0 Å². The number of rotatable bonds is 4. The Morgan fingerprint density at radius 3 is 2.81 bits per heavy atom. The molecule has 5 nitrogen and oxygen atoms in total. The number of nitrogens with one attached hydrogen (secondary N) is 1. The van der Waals surface area contributed by atoms with Crippen LogP contribution in [0, 0.1) is 6.92 Å². The Morgan fingerprint density at radius 2 is 2.08 bits per heavy atom. The van der Waals surface area contributed by atoms with Crippen molar-refractivity contribution >= 4 is 38.9 Å². The van der Waals surface area contributed by atoms with Crippen LogP contribution in [-0.2, 0) is 6.42 Å². The molecule has 0 aliphatic rings. The first-order valence-corrected chi connectivity index (χ1v) is 9.13. The van der Waals surface area contributed by atoms with Gasteiger partial charge in [-0.3, -0.25) is 9.59 Å². The first-order chi connectivity index (χ1) is 12.5. The number of halogens is 1. The molecule has 130 valence electrons. The van der Waals surface area contributed by atoms with E-state index in [4.69, 9.17) is 16.0 Å². The second-order valence-electron chi connectivity index (χ2n) is 5.81. The van der Waals surface area contributed by atoms with Crippen LogP contribution in [0.5, 0.6) is 0 Å². The number of ketones is 1. The van der Waals surface area contributed by atoms with Crippen molar-refractivity contribution in [1.82, 2.24) is 9.97 Å². The van der Waals surface area contributed by atoms with Gasteiger partial charge in [-0.2, -0.15) is 0 Å². The Labute approximate surface area is 157 Å². The summed E-state index contributed by atoms with van der Waals surface area (Å²) in [5, 5.41) is 2.92. The van der Waals surface area contributed by atoms with Crippen molar-refractivity contribution in [2.75, 3.05) is 0 Å². The van der Waals surface area contributed by atoms with Gasteiger partial charge in [0.2, 0.25) is 0 Å². The number of aromatic amines is 1. The number of benzene rings is 1. The smallest absolute Gasteiger partial charge is 0.260 e. The van der Waals surface area contributed by atoms with Crippen molar-refractivity contribution in [1.29, 1.82) is 0 Å². The van der Waals surface area contributed by atoms with E-state index in [0.717, 1.165) is 11.1 Å². The number of thiophene rings is 1. The van der Waals surface area contributed by atoms with Gasteiger partial charge in [0.1, 0.15) is 16.4 Å². The van der Waals surface area contributed by atoms with Gasteiger partial charge in [-0.15, -0.1) is 11.3 Å². The molecule has 7 heteroatoms. The normalized spacial score (nSPS) is 11.2. The summed E-state index contributed by atoms with van der Waals surface area (Å²) in [4.78, 5) is 32.8. The SMILES string of the molecule is Cc1occc1C(=O)Cc1nc2scc(-c3ccccc3Cl)c2c(=O)[nH]1. The summed E-state index contributed by atoms with van der Waals surface area (Å²) in [6.07, 6.45) is 1.47. The van der Waals surface area contributed by atoms with Crippen LogP contribution < -0.4 is 5.56 Å². The van der Waals surface area contributed by atoms with E-state index in [-0.39, 0.29) is 17.8 Å². The Morgan fingerprint density at radius 1 is 1.27 bits per heavy atom.